The highest BCUT2D eigenvalue weighted by Crippen LogP contribution is 2.55. The number of carbonyl (C=O) groups is 1. The molecule has 1 amide bonds. The van der Waals surface area contributed by atoms with Crippen molar-refractivity contribution in [3.05, 3.63) is 39.9 Å². The molecule has 2 aliphatic rings. The molecule has 2 aliphatic carbocycles. The van der Waals surface area contributed by atoms with E-state index >= 15 is 0 Å². The van der Waals surface area contributed by atoms with Gasteiger partial charge in [-0.1, -0.05) is 13.8 Å². The Kier molecular flexibility index (Phi) is 5.38. The molecule has 0 saturated heterocycles. The first-order valence-corrected chi connectivity index (χ1v) is 10.8. The number of hydrogen-bond donors (Lipinski definition) is 2. The van der Waals surface area contributed by atoms with Gasteiger partial charge in [0, 0.05) is 23.9 Å². The number of nitrogens with two attached hydrogens (primary N) is 1. The van der Waals surface area contributed by atoms with Crippen molar-refractivity contribution in [3.63, 3.8) is 0 Å². The second-order valence-corrected chi connectivity index (χ2v) is 10.0. The van der Waals surface area contributed by atoms with E-state index in [1.54, 1.807) is 6.07 Å². The van der Waals surface area contributed by atoms with Crippen molar-refractivity contribution in [2.75, 3.05) is 0 Å². The van der Waals surface area contributed by atoms with Gasteiger partial charge in [-0.15, -0.1) is 0 Å². The molecule has 2 atom stereocenters. The number of alkyl halides is 3. The van der Waals surface area contributed by atoms with Crippen molar-refractivity contribution >= 4 is 16.8 Å². The number of nitrogens with zero attached hydrogens (tertiary/aromatic N) is 1. The first kappa shape index (κ1) is 21.8. The lowest BCUT2D eigenvalue weighted by Crippen LogP contribution is -2.31. The fourth-order valence-corrected chi connectivity index (χ4v) is 5.93. The van der Waals surface area contributed by atoms with Crippen molar-refractivity contribution in [3.8, 4) is 0 Å². The molecule has 5 nitrogen and oxygen atoms in total. The number of rotatable bonds is 3. The van der Waals surface area contributed by atoms with Gasteiger partial charge in [-0.3, -0.25) is 14.6 Å². The Bertz CT molecular complexity index is 1050. The number of aromatic amines is 1. The van der Waals surface area contributed by atoms with Crippen molar-refractivity contribution in [1.82, 2.24) is 9.97 Å². The molecule has 2 unspecified atom stereocenters. The zero-order valence-corrected chi connectivity index (χ0v) is 17.8. The Morgan fingerprint density at radius 3 is 2.48 bits per heavy atom. The van der Waals surface area contributed by atoms with E-state index in [4.69, 9.17) is 5.73 Å². The number of carbonyl (C=O) groups excluding carboxylic acids is 1. The standard InChI is InChI=1S/C23H28F3N3O2/c1-22(2)10-14(12-3-5-13(6-4-12)23(24,25)26)15(11-22)17-9-18(30)19-16(29-17)7-8-28-20(19)21(27)31/h7-9,12-15H,3-6,10-11H2,1-2H3,(H2,27,31)(H,29,30). The van der Waals surface area contributed by atoms with Gasteiger partial charge in [0.2, 0.25) is 0 Å². The van der Waals surface area contributed by atoms with Crippen LogP contribution >= 0.6 is 0 Å². The van der Waals surface area contributed by atoms with E-state index in [0.29, 0.717) is 18.4 Å². The van der Waals surface area contributed by atoms with Crippen molar-refractivity contribution in [2.45, 2.75) is 64.5 Å². The van der Waals surface area contributed by atoms with E-state index in [1.807, 2.05) is 0 Å². The molecule has 3 N–H and O–H groups in total. The molecule has 0 spiro atoms. The average molecular weight is 435 g/mol. The molecule has 0 aliphatic heterocycles. The van der Waals surface area contributed by atoms with Crippen LogP contribution in [0.15, 0.2) is 23.1 Å². The number of nitrogens with one attached hydrogen (secondary N) is 1. The molecule has 0 aromatic carbocycles. The van der Waals surface area contributed by atoms with Crippen LogP contribution < -0.4 is 11.2 Å². The Balaban J connectivity index is 1.67. The summed E-state index contributed by atoms with van der Waals surface area (Å²) in [7, 11) is 0. The molecule has 31 heavy (non-hydrogen) atoms. The normalized spacial score (nSPS) is 28.7. The Morgan fingerprint density at radius 1 is 1.19 bits per heavy atom. The highest BCUT2D eigenvalue weighted by Gasteiger charge is 2.47. The van der Waals surface area contributed by atoms with E-state index in [-0.39, 0.29) is 52.5 Å². The zero-order valence-electron chi connectivity index (χ0n) is 17.8. The number of hydrogen-bond acceptors (Lipinski definition) is 3. The average Bonchev–Trinajstić information content (AvgIpc) is 3.02. The molecular weight excluding hydrogens is 407 g/mol. The van der Waals surface area contributed by atoms with E-state index in [2.05, 4.69) is 23.8 Å². The number of fused-ring (bicyclic) bond motifs is 1. The van der Waals surface area contributed by atoms with Gasteiger partial charge < -0.3 is 10.7 Å². The highest BCUT2D eigenvalue weighted by atomic mass is 19.4. The van der Waals surface area contributed by atoms with Crippen LogP contribution in [-0.4, -0.2) is 22.1 Å². The van der Waals surface area contributed by atoms with Gasteiger partial charge in [0.1, 0.15) is 5.69 Å². The molecule has 168 valence electrons. The number of primary amides is 1. The van der Waals surface area contributed by atoms with E-state index in [0.717, 1.165) is 18.5 Å². The van der Waals surface area contributed by atoms with Gasteiger partial charge in [-0.05, 0) is 61.8 Å². The highest BCUT2D eigenvalue weighted by molar-refractivity contribution is 6.03. The molecule has 4 rings (SSSR count). The first-order chi connectivity index (χ1) is 14.5. The second kappa shape index (κ2) is 7.64. The Morgan fingerprint density at radius 2 is 1.87 bits per heavy atom. The van der Waals surface area contributed by atoms with E-state index in [1.165, 1.54) is 12.3 Å². The van der Waals surface area contributed by atoms with Crippen molar-refractivity contribution < 1.29 is 18.0 Å². The van der Waals surface area contributed by atoms with Gasteiger partial charge in [0.05, 0.1) is 16.8 Å². The molecular formula is C23H28F3N3O2. The minimum absolute atomic E-state index is 0.0404. The van der Waals surface area contributed by atoms with Crippen LogP contribution in [0.2, 0.25) is 0 Å². The third-order valence-corrected chi connectivity index (χ3v) is 7.31. The van der Waals surface area contributed by atoms with Gasteiger partial charge in [-0.25, -0.2) is 0 Å². The minimum atomic E-state index is -4.12. The molecule has 0 radical (unpaired) electrons. The summed E-state index contributed by atoms with van der Waals surface area (Å²) in [5, 5.41) is 0.179. The minimum Gasteiger partial charge on any atom is -0.364 e. The zero-order chi connectivity index (χ0) is 22.6. The molecule has 2 aromatic rings. The summed E-state index contributed by atoms with van der Waals surface area (Å²) in [4.78, 5) is 31.8. The summed E-state index contributed by atoms with van der Waals surface area (Å²) in [6, 6.07) is 3.17. The Labute approximate surface area is 178 Å². The first-order valence-electron chi connectivity index (χ1n) is 10.8. The number of pyridine rings is 2. The van der Waals surface area contributed by atoms with Crippen LogP contribution in [0.1, 0.15) is 74.5 Å². The summed E-state index contributed by atoms with van der Waals surface area (Å²) in [5.74, 6) is -1.47. The maximum absolute atomic E-state index is 13.1. The lowest BCUT2D eigenvalue weighted by molar-refractivity contribution is -0.185. The maximum Gasteiger partial charge on any atom is 0.391 e. The van der Waals surface area contributed by atoms with Crippen LogP contribution in [0.5, 0.6) is 0 Å². The summed E-state index contributed by atoms with van der Waals surface area (Å²) >= 11 is 0. The number of H-pyrrole nitrogens is 1. The molecule has 2 fully saturated rings. The predicted molar refractivity (Wildman–Crippen MR) is 112 cm³/mol. The van der Waals surface area contributed by atoms with Crippen LogP contribution in [0, 0.1) is 23.2 Å². The van der Waals surface area contributed by atoms with E-state index in [9.17, 15) is 22.8 Å². The SMILES string of the molecule is CC1(C)CC(c2cc(=O)c3c(C(N)=O)nccc3[nH]2)C(C2CCC(C(F)(F)F)CC2)C1. The fraction of sp³-hybridized carbons (Fsp3) is 0.609. The monoisotopic (exact) mass is 435 g/mol. The van der Waals surface area contributed by atoms with E-state index < -0.39 is 18.0 Å². The summed E-state index contributed by atoms with van der Waals surface area (Å²) in [5.41, 5.74) is 6.34. The smallest absolute Gasteiger partial charge is 0.364 e. The molecule has 2 saturated carbocycles. The quantitative estimate of drug-likeness (QED) is 0.718. The third-order valence-electron chi connectivity index (χ3n) is 7.31. The largest absolute Gasteiger partial charge is 0.391 e. The summed E-state index contributed by atoms with van der Waals surface area (Å²) in [6.45, 7) is 4.35. The molecule has 8 heteroatoms. The predicted octanol–water partition coefficient (Wildman–Crippen LogP) is 4.91. The molecule has 2 heterocycles. The van der Waals surface area contributed by atoms with Crippen molar-refractivity contribution in [1.29, 1.82) is 0 Å². The number of aromatic nitrogens is 2. The van der Waals surface area contributed by atoms with Crippen molar-refractivity contribution in [2.24, 2.45) is 28.9 Å². The topological polar surface area (TPSA) is 88.8 Å². The lowest BCUT2D eigenvalue weighted by atomic mass is 9.71. The molecule has 2 aromatic heterocycles. The maximum atomic E-state index is 13.1. The van der Waals surface area contributed by atoms with Crippen LogP contribution in [0.25, 0.3) is 10.9 Å². The molecule has 0 bridgehead atoms. The summed E-state index contributed by atoms with van der Waals surface area (Å²) in [6.07, 6.45) is 0.586. The van der Waals surface area contributed by atoms with Gasteiger partial charge in [0.25, 0.3) is 5.91 Å². The summed E-state index contributed by atoms with van der Waals surface area (Å²) < 4.78 is 39.3. The number of halogens is 3. The van der Waals surface area contributed by atoms with Gasteiger partial charge in [0.15, 0.2) is 5.43 Å². The Hall–Kier alpha value is -2.38. The fourth-order valence-electron chi connectivity index (χ4n) is 5.93. The third kappa shape index (κ3) is 4.21. The van der Waals surface area contributed by atoms with Gasteiger partial charge in [-0.2, -0.15) is 13.2 Å². The lowest BCUT2D eigenvalue weighted by Gasteiger charge is -2.35. The van der Waals surface area contributed by atoms with Crippen LogP contribution in [-0.2, 0) is 0 Å². The second-order valence-electron chi connectivity index (χ2n) is 10.0. The van der Waals surface area contributed by atoms with Crippen LogP contribution in [0.4, 0.5) is 13.2 Å². The van der Waals surface area contributed by atoms with Gasteiger partial charge >= 0.3 is 6.18 Å². The van der Waals surface area contributed by atoms with Crippen LogP contribution in [0.3, 0.4) is 0 Å². The number of amides is 1.